The monoisotopic (exact) mass is 485 g/mol. The first kappa shape index (κ1) is 20.9. The van der Waals surface area contributed by atoms with Crippen LogP contribution in [0.2, 0.25) is 0 Å². The molecule has 8 heteroatoms. The number of hydrogen-bond acceptors (Lipinski definition) is 5. The molecule has 0 radical (unpaired) electrons. The normalized spacial score (nSPS) is 13.2. The third-order valence-corrected chi connectivity index (χ3v) is 3.97. The fourth-order valence-electron chi connectivity index (χ4n) is 2.57. The Bertz CT molecular complexity index is 799. The Kier molecular flexibility index (Phi) is 7.83. The van der Waals surface area contributed by atoms with E-state index in [0.717, 1.165) is 17.9 Å². The number of nitrogens with one attached hydrogen (secondary N) is 2. The maximum absolute atomic E-state index is 9.98. The van der Waals surface area contributed by atoms with Gasteiger partial charge in [-0.2, -0.15) is 0 Å². The number of nitrogens with zero attached hydrogens (tertiary/aromatic N) is 1. The van der Waals surface area contributed by atoms with Crippen LogP contribution in [0.4, 0.5) is 5.69 Å². The molecule has 0 aromatic heterocycles. The van der Waals surface area contributed by atoms with E-state index >= 15 is 0 Å². The van der Waals surface area contributed by atoms with Crippen LogP contribution in [0.15, 0.2) is 41.4 Å². The lowest BCUT2D eigenvalue weighted by Gasteiger charge is -2.15. The molecule has 0 amide bonds. The SMILES string of the molecule is CN=C(NCc1cc(OC)ccc1O)Nc1ccc2c(c1)OCCCO2.I. The Morgan fingerprint density at radius 1 is 1.15 bits per heavy atom. The van der Waals surface area contributed by atoms with Crippen LogP contribution in [0.25, 0.3) is 0 Å². The number of benzene rings is 2. The second-order valence-electron chi connectivity index (χ2n) is 5.76. The molecule has 1 heterocycles. The van der Waals surface area contributed by atoms with Gasteiger partial charge in [0.2, 0.25) is 0 Å². The summed E-state index contributed by atoms with van der Waals surface area (Å²) >= 11 is 0. The third-order valence-electron chi connectivity index (χ3n) is 3.97. The topological polar surface area (TPSA) is 84.3 Å². The van der Waals surface area contributed by atoms with Gasteiger partial charge in [-0.3, -0.25) is 4.99 Å². The number of phenols is 1. The molecule has 0 unspecified atom stereocenters. The van der Waals surface area contributed by atoms with Crippen molar-refractivity contribution in [2.24, 2.45) is 4.99 Å². The van der Waals surface area contributed by atoms with Gasteiger partial charge in [0.25, 0.3) is 0 Å². The maximum atomic E-state index is 9.98. The molecule has 7 nitrogen and oxygen atoms in total. The highest BCUT2D eigenvalue weighted by Gasteiger charge is 2.11. The van der Waals surface area contributed by atoms with E-state index < -0.39 is 0 Å². The minimum Gasteiger partial charge on any atom is -0.508 e. The van der Waals surface area contributed by atoms with Crippen molar-refractivity contribution in [3.05, 3.63) is 42.0 Å². The number of guanidine groups is 1. The van der Waals surface area contributed by atoms with Gasteiger partial charge in [0.15, 0.2) is 17.5 Å². The van der Waals surface area contributed by atoms with Crippen molar-refractivity contribution in [3.63, 3.8) is 0 Å². The van der Waals surface area contributed by atoms with E-state index in [4.69, 9.17) is 14.2 Å². The van der Waals surface area contributed by atoms with E-state index in [1.165, 1.54) is 0 Å². The quantitative estimate of drug-likeness (QED) is 0.350. The van der Waals surface area contributed by atoms with Crippen molar-refractivity contribution < 1.29 is 19.3 Å². The highest BCUT2D eigenvalue weighted by atomic mass is 127. The van der Waals surface area contributed by atoms with Crippen LogP contribution in [-0.4, -0.2) is 38.4 Å². The summed E-state index contributed by atoms with van der Waals surface area (Å²) in [6, 6.07) is 10.8. The minimum absolute atomic E-state index is 0. The van der Waals surface area contributed by atoms with Crippen molar-refractivity contribution >= 4 is 35.6 Å². The number of aliphatic imine (C=N–C) groups is 1. The average molecular weight is 485 g/mol. The molecule has 2 aromatic rings. The highest BCUT2D eigenvalue weighted by molar-refractivity contribution is 14.0. The minimum atomic E-state index is 0. The van der Waals surface area contributed by atoms with E-state index in [9.17, 15) is 5.11 Å². The first-order valence-electron chi connectivity index (χ1n) is 8.43. The van der Waals surface area contributed by atoms with Crippen LogP contribution >= 0.6 is 24.0 Å². The number of anilines is 1. The van der Waals surface area contributed by atoms with Crippen LogP contribution in [-0.2, 0) is 6.54 Å². The van der Waals surface area contributed by atoms with Gasteiger partial charge in [0.1, 0.15) is 11.5 Å². The Morgan fingerprint density at radius 3 is 2.67 bits per heavy atom. The molecule has 2 aromatic carbocycles. The number of ether oxygens (including phenoxy) is 3. The molecule has 1 aliphatic heterocycles. The van der Waals surface area contributed by atoms with E-state index in [0.29, 0.717) is 42.8 Å². The zero-order chi connectivity index (χ0) is 18.4. The molecule has 0 saturated carbocycles. The van der Waals surface area contributed by atoms with E-state index in [-0.39, 0.29) is 29.7 Å². The summed E-state index contributed by atoms with van der Waals surface area (Å²) < 4.78 is 16.5. The molecule has 1 aliphatic rings. The molecular formula is C19H24IN3O4. The van der Waals surface area contributed by atoms with Gasteiger partial charge in [0, 0.05) is 37.3 Å². The van der Waals surface area contributed by atoms with E-state index in [1.807, 2.05) is 18.2 Å². The lowest BCUT2D eigenvalue weighted by atomic mass is 10.2. The average Bonchev–Trinajstić information content (AvgIpc) is 2.91. The molecule has 146 valence electrons. The van der Waals surface area contributed by atoms with Crippen LogP contribution < -0.4 is 24.8 Å². The Hall–Kier alpha value is -2.36. The van der Waals surface area contributed by atoms with Gasteiger partial charge in [-0.05, 0) is 30.3 Å². The summed E-state index contributed by atoms with van der Waals surface area (Å²) in [5.41, 5.74) is 1.54. The molecule has 0 aliphatic carbocycles. The predicted molar refractivity (Wildman–Crippen MR) is 116 cm³/mol. The van der Waals surface area contributed by atoms with E-state index in [2.05, 4.69) is 15.6 Å². The number of halogens is 1. The second-order valence-corrected chi connectivity index (χ2v) is 5.76. The number of phenolic OH excluding ortho intramolecular Hbond substituents is 1. The number of hydrogen-bond donors (Lipinski definition) is 3. The molecule has 3 rings (SSSR count). The summed E-state index contributed by atoms with van der Waals surface area (Å²) in [5.74, 6) is 2.92. The van der Waals surface area contributed by atoms with Gasteiger partial charge in [-0.15, -0.1) is 24.0 Å². The number of fused-ring (bicyclic) bond motifs is 1. The first-order valence-corrected chi connectivity index (χ1v) is 8.43. The lowest BCUT2D eigenvalue weighted by molar-refractivity contribution is 0.297. The molecular weight excluding hydrogens is 461 g/mol. The number of aromatic hydroxyl groups is 1. The molecule has 0 spiro atoms. The van der Waals surface area contributed by atoms with Crippen LogP contribution in [0.5, 0.6) is 23.0 Å². The predicted octanol–water partition coefficient (Wildman–Crippen LogP) is 3.37. The first-order chi connectivity index (χ1) is 12.7. The maximum Gasteiger partial charge on any atom is 0.195 e. The van der Waals surface area contributed by atoms with Gasteiger partial charge >= 0.3 is 0 Å². The second kappa shape index (κ2) is 10.1. The summed E-state index contributed by atoms with van der Waals surface area (Å²) in [7, 11) is 3.28. The highest BCUT2D eigenvalue weighted by Crippen LogP contribution is 2.32. The molecule has 3 N–H and O–H groups in total. The molecule has 0 saturated heterocycles. The summed E-state index contributed by atoms with van der Waals surface area (Å²) in [6.45, 7) is 1.69. The standard InChI is InChI=1S/C19H23N3O4.HI/c1-20-19(21-12-13-10-15(24-2)5-6-16(13)23)22-14-4-7-17-18(11-14)26-9-3-8-25-17;/h4-7,10-11,23H,3,8-9,12H2,1-2H3,(H2,20,21,22);1H. The molecule has 0 fully saturated rings. The zero-order valence-corrected chi connectivity index (χ0v) is 17.7. The summed E-state index contributed by atoms with van der Waals surface area (Å²) in [5, 5.41) is 16.4. The Morgan fingerprint density at radius 2 is 1.93 bits per heavy atom. The Balaban J connectivity index is 0.00000261. The van der Waals surface area contributed by atoms with Crippen LogP contribution in [0.1, 0.15) is 12.0 Å². The number of rotatable bonds is 4. The summed E-state index contributed by atoms with van der Waals surface area (Å²) in [4.78, 5) is 4.21. The van der Waals surface area contributed by atoms with Crippen molar-refractivity contribution in [1.29, 1.82) is 0 Å². The smallest absolute Gasteiger partial charge is 0.195 e. The van der Waals surface area contributed by atoms with Crippen LogP contribution in [0.3, 0.4) is 0 Å². The molecule has 27 heavy (non-hydrogen) atoms. The Labute approximate surface area is 175 Å². The van der Waals surface area contributed by atoms with Gasteiger partial charge in [0.05, 0.1) is 20.3 Å². The van der Waals surface area contributed by atoms with Gasteiger partial charge in [-0.25, -0.2) is 0 Å². The van der Waals surface area contributed by atoms with Gasteiger partial charge < -0.3 is 30.0 Å². The van der Waals surface area contributed by atoms with Crippen molar-refractivity contribution in [1.82, 2.24) is 5.32 Å². The van der Waals surface area contributed by atoms with Crippen molar-refractivity contribution in [2.45, 2.75) is 13.0 Å². The molecule has 0 atom stereocenters. The molecule has 0 bridgehead atoms. The van der Waals surface area contributed by atoms with Crippen LogP contribution in [0, 0.1) is 0 Å². The fraction of sp³-hybridized carbons (Fsp3) is 0.316. The fourth-order valence-corrected chi connectivity index (χ4v) is 2.57. The van der Waals surface area contributed by atoms with Gasteiger partial charge in [-0.1, -0.05) is 0 Å². The van der Waals surface area contributed by atoms with E-state index in [1.54, 1.807) is 32.4 Å². The number of methoxy groups -OCH3 is 1. The zero-order valence-electron chi connectivity index (χ0n) is 15.3. The summed E-state index contributed by atoms with van der Waals surface area (Å²) in [6.07, 6.45) is 0.866. The van der Waals surface area contributed by atoms with Crippen molar-refractivity contribution in [3.8, 4) is 23.0 Å². The van der Waals surface area contributed by atoms with Crippen molar-refractivity contribution in [2.75, 3.05) is 32.7 Å². The lowest BCUT2D eigenvalue weighted by Crippen LogP contribution is -2.30. The third kappa shape index (κ3) is 5.56. The largest absolute Gasteiger partial charge is 0.508 e.